The van der Waals surface area contributed by atoms with Crippen molar-refractivity contribution in [3.05, 3.63) is 54.0 Å². The van der Waals surface area contributed by atoms with Gasteiger partial charge in [-0.15, -0.1) is 0 Å². The van der Waals surface area contributed by atoms with Crippen LogP contribution >= 0.6 is 0 Å². The van der Waals surface area contributed by atoms with Gasteiger partial charge in [0.2, 0.25) is 0 Å². The Kier molecular flexibility index (Phi) is 5.46. The number of hydrogen-bond acceptors (Lipinski definition) is 5. The van der Waals surface area contributed by atoms with E-state index in [9.17, 15) is 9.59 Å². The molecule has 3 heterocycles. The van der Waals surface area contributed by atoms with E-state index in [4.69, 9.17) is 0 Å². The van der Waals surface area contributed by atoms with Crippen molar-refractivity contribution >= 4 is 17.6 Å². The van der Waals surface area contributed by atoms with Crippen molar-refractivity contribution in [2.45, 2.75) is 19.9 Å². The topological polar surface area (TPSA) is 78.4 Å². The second-order valence-electron chi connectivity index (χ2n) is 6.53. The lowest BCUT2D eigenvalue weighted by Crippen LogP contribution is -2.49. The molecule has 1 saturated heterocycles. The second-order valence-corrected chi connectivity index (χ2v) is 6.53. The van der Waals surface area contributed by atoms with E-state index in [1.807, 2.05) is 32.0 Å². The molecule has 1 aliphatic heterocycles. The molecule has 0 radical (unpaired) electrons. The van der Waals surface area contributed by atoms with Gasteiger partial charge in [-0.25, -0.2) is 4.98 Å². The van der Waals surface area contributed by atoms with Crippen LogP contribution in [-0.4, -0.2) is 58.9 Å². The summed E-state index contributed by atoms with van der Waals surface area (Å²) in [6.07, 6.45) is 3.28. The van der Waals surface area contributed by atoms with Crippen LogP contribution in [0.5, 0.6) is 0 Å². The molecule has 7 heteroatoms. The van der Waals surface area contributed by atoms with E-state index in [0.29, 0.717) is 18.7 Å². The van der Waals surface area contributed by atoms with Crippen LogP contribution in [0.2, 0.25) is 0 Å². The molecule has 0 spiro atoms. The highest BCUT2D eigenvalue weighted by atomic mass is 16.2. The minimum Gasteiger partial charge on any atom is -0.353 e. The smallest absolute Gasteiger partial charge is 0.270 e. The molecular weight excluding hydrogens is 330 g/mol. The van der Waals surface area contributed by atoms with Crippen molar-refractivity contribution in [2.75, 3.05) is 31.1 Å². The third-order valence-corrected chi connectivity index (χ3v) is 4.20. The number of rotatable bonds is 4. The summed E-state index contributed by atoms with van der Waals surface area (Å²) in [6.45, 7) is 6.46. The summed E-state index contributed by atoms with van der Waals surface area (Å²) >= 11 is 0. The summed E-state index contributed by atoms with van der Waals surface area (Å²) in [4.78, 5) is 37.3. The first-order valence-corrected chi connectivity index (χ1v) is 8.77. The van der Waals surface area contributed by atoms with Crippen molar-refractivity contribution in [1.82, 2.24) is 20.2 Å². The zero-order chi connectivity index (χ0) is 18.5. The molecule has 2 amide bonds. The van der Waals surface area contributed by atoms with Crippen molar-refractivity contribution in [3.8, 4) is 0 Å². The highest BCUT2D eigenvalue weighted by Gasteiger charge is 2.23. The molecule has 2 aromatic rings. The van der Waals surface area contributed by atoms with Gasteiger partial charge < -0.3 is 15.1 Å². The van der Waals surface area contributed by atoms with E-state index in [-0.39, 0.29) is 23.6 Å². The number of nitrogens with zero attached hydrogens (tertiary/aromatic N) is 4. The molecule has 1 N–H and O–H groups in total. The zero-order valence-corrected chi connectivity index (χ0v) is 15.1. The molecular formula is C19H23N5O2. The Hall–Kier alpha value is -2.96. The maximum atomic E-state index is 12.8. The molecule has 0 bridgehead atoms. The Morgan fingerprint density at radius 2 is 1.81 bits per heavy atom. The minimum absolute atomic E-state index is 0.0170. The lowest BCUT2D eigenvalue weighted by molar-refractivity contribution is 0.0746. The Bertz CT molecular complexity index is 771. The molecule has 7 nitrogen and oxygen atoms in total. The second kappa shape index (κ2) is 7.95. The summed E-state index contributed by atoms with van der Waals surface area (Å²) in [5, 5.41) is 2.79. The van der Waals surface area contributed by atoms with Crippen LogP contribution in [0.15, 0.2) is 42.7 Å². The van der Waals surface area contributed by atoms with E-state index < -0.39 is 0 Å². The predicted octanol–water partition coefficient (Wildman–Crippen LogP) is 1.58. The molecule has 0 atom stereocenters. The van der Waals surface area contributed by atoms with Gasteiger partial charge in [-0.2, -0.15) is 0 Å². The number of anilines is 1. The van der Waals surface area contributed by atoms with Crippen LogP contribution in [0.4, 0.5) is 5.82 Å². The predicted molar refractivity (Wildman–Crippen MR) is 99.2 cm³/mol. The van der Waals surface area contributed by atoms with Gasteiger partial charge >= 0.3 is 0 Å². The highest BCUT2D eigenvalue weighted by molar-refractivity contribution is 5.98. The Morgan fingerprint density at radius 1 is 1.04 bits per heavy atom. The largest absolute Gasteiger partial charge is 0.353 e. The first kappa shape index (κ1) is 17.8. The zero-order valence-electron chi connectivity index (χ0n) is 15.1. The molecule has 0 aliphatic carbocycles. The fraction of sp³-hybridized carbons (Fsp3) is 0.368. The van der Waals surface area contributed by atoms with Gasteiger partial charge in [0.05, 0.1) is 0 Å². The van der Waals surface area contributed by atoms with Crippen LogP contribution in [0.25, 0.3) is 0 Å². The van der Waals surface area contributed by atoms with Gasteiger partial charge in [-0.3, -0.25) is 14.6 Å². The Balaban J connectivity index is 1.64. The van der Waals surface area contributed by atoms with Crippen LogP contribution in [0.3, 0.4) is 0 Å². The van der Waals surface area contributed by atoms with Crippen LogP contribution < -0.4 is 10.2 Å². The summed E-state index contributed by atoms with van der Waals surface area (Å²) in [5.74, 6) is 0.581. The summed E-state index contributed by atoms with van der Waals surface area (Å²) < 4.78 is 0. The number of aromatic nitrogens is 2. The van der Waals surface area contributed by atoms with E-state index in [0.717, 1.165) is 18.9 Å². The number of carbonyl (C=O) groups excluding carboxylic acids is 2. The molecule has 1 fully saturated rings. The van der Waals surface area contributed by atoms with Crippen molar-refractivity contribution in [2.24, 2.45) is 0 Å². The molecule has 0 saturated carbocycles. The standard InChI is InChI=1S/C19H23N5O2/c1-14(2)22-18(25)16-13-15(6-8-20-16)19(26)24-11-9-23(10-12-24)17-5-3-4-7-21-17/h3-8,13-14H,9-12H2,1-2H3,(H,22,25). The van der Waals surface area contributed by atoms with Gasteiger partial charge in [0.25, 0.3) is 11.8 Å². The van der Waals surface area contributed by atoms with E-state index >= 15 is 0 Å². The van der Waals surface area contributed by atoms with E-state index in [2.05, 4.69) is 20.2 Å². The first-order valence-electron chi connectivity index (χ1n) is 8.77. The number of amides is 2. The number of hydrogen-bond donors (Lipinski definition) is 1. The SMILES string of the molecule is CC(C)NC(=O)c1cc(C(=O)N2CCN(c3ccccn3)CC2)ccn1. The normalized spacial score (nSPS) is 14.4. The molecule has 136 valence electrons. The molecule has 0 unspecified atom stereocenters. The lowest BCUT2D eigenvalue weighted by atomic mass is 10.1. The van der Waals surface area contributed by atoms with E-state index in [1.165, 1.54) is 6.20 Å². The maximum absolute atomic E-state index is 12.8. The van der Waals surface area contributed by atoms with Gasteiger partial charge in [0.15, 0.2) is 0 Å². The summed E-state index contributed by atoms with van der Waals surface area (Å²) in [6, 6.07) is 9.05. The average Bonchev–Trinajstić information content (AvgIpc) is 2.68. The molecule has 1 aliphatic rings. The number of nitrogens with one attached hydrogen (secondary N) is 1. The molecule has 0 aromatic carbocycles. The van der Waals surface area contributed by atoms with Crippen molar-refractivity contribution in [1.29, 1.82) is 0 Å². The van der Waals surface area contributed by atoms with Gasteiger partial charge in [-0.1, -0.05) is 6.07 Å². The third kappa shape index (κ3) is 4.17. The summed E-state index contributed by atoms with van der Waals surface area (Å²) in [7, 11) is 0. The lowest BCUT2D eigenvalue weighted by Gasteiger charge is -2.35. The number of piperazine rings is 1. The number of carbonyl (C=O) groups is 2. The quantitative estimate of drug-likeness (QED) is 0.903. The number of pyridine rings is 2. The molecule has 3 rings (SSSR count). The first-order chi connectivity index (χ1) is 12.5. The third-order valence-electron chi connectivity index (χ3n) is 4.20. The van der Waals surface area contributed by atoms with Gasteiger partial charge in [0.1, 0.15) is 11.5 Å². The molecule has 26 heavy (non-hydrogen) atoms. The van der Waals surface area contributed by atoms with Gasteiger partial charge in [0, 0.05) is 50.2 Å². The van der Waals surface area contributed by atoms with Crippen LogP contribution in [0, 0.1) is 0 Å². The monoisotopic (exact) mass is 353 g/mol. The van der Waals surface area contributed by atoms with Crippen LogP contribution in [0.1, 0.15) is 34.7 Å². The Morgan fingerprint density at radius 3 is 2.46 bits per heavy atom. The highest BCUT2D eigenvalue weighted by Crippen LogP contribution is 2.14. The Labute approximate surface area is 153 Å². The van der Waals surface area contributed by atoms with Crippen molar-refractivity contribution in [3.63, 3.8) is 0 Å². The minimum atomic E-state index is -0.269. The fourth-order valence-corrected chi connectivity index (χ4v) is 2.89. The van der Waals surface area contributed by atoms with E-state index in [1.54, 1.807) is 23.2 Å². The van der Waals surface area contributed by atoms with Crippen molar-refractivity contribution < 1.29 is 9.59 Å². The fourth-order valence-electron chi connectivity index (χ4n) is 2.89. The summed E-state index contributed by atoms with van der Waals surface area (Å²) in [5.41, 5.74) is 0.747. The van der Waals surface area contributed by atoms with Crippen LogP contribution in [-0.2, 0) is 0 Å². The maximum Gasteiger partial charge on any atom is 0.270 e. The molecule has 2 aromatic heterocycles. The van der Waals surface area contributed by atoms with Gasteiger partial charge in [-0.05, 0) is 38.1 Å². The average molecular weight is 353 g/mol.